The molecule has 0 aromatic heterocycles. The number of methoxy groups -OCH3 is 1. The highest BCUT2D eigenvalue weighted by atomic mass is 16.5. The van der Waals surface area contributed by atoms with E-state index in [1.807, 2.05) is 54.6 Å². The van der Waals surface area contributed by atoms with Crippen LogP contribution >= 0.6 is 0 Å². The van der Waals surface area contributed by atoms with Gasteiger partial charge in [0.05, 0.1) is 19.2 Å². The first-order valence-electron chi connectivity index (χ1n) is 9.21. The Kier molecular flexibility index (Phi) is 5.16. The highest BCUT2D eigenvalue weighted by molar-refractivity contribution is 6.00. The van der Waals surface area contributed by atoms with Crippen molar-refractivity contribution in [2.24, 2.45) is 0 Å². The van der Waals surface area contributed by atoms with Crippen LogP contribution in [0.4, 0.5) is 11.4 Å². The average Bonchev–Trinajstić information content (AvgIpc) is 2.74. The number of rotatable bonds is 5. The SMILES string of the molecule is COc1ccc(CC(=O)Nc2ccc3c(c2)NC(=O)C(c2ccccc2)O3)cc1. The summed E-state index contributed by atoms with van der Waals surface area (Å²) in [5.41, 5.74) is 2.78. The van der Waals surface area contributed by atoms with Crippen molar-refractivity contribution in [2.45, 2.75) is 12.5 Å². The number of amides is 2. The second-order valence-corrected chi connectivity index (χ2v) is 6.68. The van der Waals surface area contributed by atoms with E-state index in [9.17, 15) is 9.59 Å². The molecule has 146 valence electrons. The number of anilines is 2. The third-order valence-electron chi connectivity index (χ3n) is 4.63. The standard InChI is InChI=1S/C23H20N2O4/c1-28-18-10-7-15(8-11-18)13-21(26)24-17-9-12-20-19(14-17)25-23(27)22(29-20)16-5-3-2-4-6-16/h2-12,14,22H,13H2,1H3,(H,24,26)(H,25,27). The molecule has 2 amide bonds. The molecule has 4 rings (SSSR count). The summed E-state index contributed by atoms with van der Waals surface area (Å²) < 4.78 is 11.0. The molecule has 1 aliphatic rings. The molecule has 6 heteroatoms. The molecule has 3 aromatic carbocycles. The monoisotopic (exact) mass is 388 g/mol. The van der Waals surface area contributed by atoms with Gasteiger partial charge in [-0.05, 0) is 35.9 Å². The van der Waals surface area contributed by atoms with Gasteiger partial charge >= 0.3 is 0 Å². The van der Waals surface area contributed by atoms with Crippen LogP contribution in [0, 0.1) is 0 Å². The molecule has 0 aliphatic carbocycles. The van der Waals surface area contributed by atoms with E-state index in [0.717, 1.165) is 16.9 Å². The molecule has 1 aliphatic heterocycles. The van der Waals surface area contributed by atoms with Crippen LogP contribution in [-0.2, 0) is 16.0 Å². The highest BCUT2D eigenvalue weighted by Crippen LogP contribution is 2.36. The summed E-state index contributed by atoms with van der Waals surface area (Å²) in [7, 11) is 1.60. The summed E-state index contributed by atoms with van der Waals surface area (Å²) in [6, 6.07) is 21.8. The number of ether oxygens (including phenoxy) is 2. The summed E-state index contributed by atoms with van der Waals surface area (Å²) in [6.07, 6.45) is -0.459. The Morgan fingerprint density at radius 2 is 1.83 bits per heavy atom. The fourth-order valence-corrected chi connectivity index (χ4v) is 3.17. The second-order valence-electron chi connectivity index (χ2n) is 6.68. The molecular formula is C23H20N2O4. The second kappa shape index (κ2) is 8.06. The minimum atomic E-state index is -0.695. The van der Waals surface area contributed by atoms with Crippen molar-refractivity contribution in [3.8, 4) is 11.5 Å². The zero-order chi connectivity index (χ0) is 20.2. The lowest BCUT2D eigenvalue weighted by molar-refractivity contribution is -0.123. The molecule has 3 aromatic rings. The number of benzene rings is 3. The molecule has 0 fully saturated rings. The van der Waals surface area contributed by atoms with Crippen molar-refractivity contribution in [1.82, 2.24) is 0 Å². The number of carbonyl (C=O) groups is 2. The largest absolute Gasteiger partial charge is 0.497 e. The quantitative estimate of drug-likeness (QED) is 0.694. The van der Waals surface area contributed by atoms with Gasteiger partial charge in [0.25, 0.3) is 5.91 Å². The Balaban J connectivity index is 1.44. The van der Waals surface area contributed by atoms with E-state index in [1.54, 1.807) is 25.3 Å². The minimum Gasteiger partial charge on any atom is -0.497 e. The summed E-state index contributed by atoms with van der Waals surface area (Å²) in [6.45, 7) is 0. The van der Waals surface area contributed by atoms with Crippen LogP contribution in [0.15, 0.2) is 72.8 Å². The Bertz CT molecular complexity index is 1030. The molecule has 1 unspecified atom stereocenters. The lowest BCUT2D eigenvalue weighted by Gasteiger charge is -2.26. The molecule has 0 saturated carbocycles. The van der Waals surface area contributed by atoms with Crippen LogP contribution in [0.3, 0.4) is 0 Å². The summed E-state index contributed by atoms with van der Waals surface area (Å²) >= 11 is 0. The van der Waals surface area contributed by atoms with E-state index in [2.05, 4.69) is 10.6 Å². The topological polar surface area (TPSA) is 76.7 Å². The van der Waals surface area contributed by atoms with Gasteiger partial charge in [-0.15, -0.1) is 0 Å². The van der Waals surface area contributed by atoms with Crippen molar-refractivity contribution in [3.05, 3.63) is 83.9 Å². The van der Waals surface area contributed by atoms with Crippen LogP contribution in [-0.4, -0.2) is 18.9 Å². The maximum atomic E-state index is 12.5. The van der Waals surface area contributed by atoms with Gasteiger partial charge in [0, 0.05) is 11.3 Å². The maximum Gasteiger partial charge on any atom is 0.270 e. The van der Waals surface area contributed by atoms with E-state index < -0.39 is 6.10 Å². The van der Waals surface area contributed by atoms with Crippen molar-refractivity contribution in [1.29, 1.82) is 0 Å². The Labute approximate surface area is 168 Å². The van der Waals surface area contributed by atoms with E-state index in [0.29, 0.717) is 17.1 Å². The zero-order valence-electron chi connectivity index (χ0n) is 15.8. The first-order valence-corrected chi connectivity index (χ1v) is 9.21. The number of nitrogens with one attached hydrogen (secondary N) is 2. The van der Waals surface area contributed by atoms with Gasteiger partial charge in [0.1, 0.15) is 11.5 Å². The van der Waals surface area contributed by atoms with Gasteiger partial charge < -0.3 is 20.1 Å². The van der Waals surface area contributed by atoms with Gasteiger partial charge in [-0.2, -0.15) is 0 Å². The third-order valence-corrected chi connectivity index (χ3v) is 4.63. The number of carbonyl (C=O) groups excluding carboxylic acids is 2. The molecule has 0 spiro atoms. The Morgan fingerprint density at radius 3 is 2.55 bits per heavy atom. The molecule has 0 radical (unpaired) electrons. The normalized spacial score (nSPS) is 14.9. The molecule has 1 atom stereocenters. The fourth-order valence-electron chi connectivity index (χ4n) is 3.17. The van der Waals surface area contributed by atoms with Crippen LogP contribution in [0.5, 0.6) is 11.5 Å². The van der Waals surface area contributed by atoms with Gasteiger partial charge in [0.15, 0.2) is 0 Å². The Hall–Kier alpha value is -3.80. The molecule has 0 bridgehead atoms. The number of hydrogen-bond acceptors (Lipinski definition) is 4. The van der Waals surface area contributed by atoms with Crippen molar-refractivity contribution in [2.75, 3.05) is 17.7 Å². The molecular weight excluding hydrogens is 368 g/mol. The fraction of sp³-hybridized carbons (Fsp3) is 0.130. The van der Waals surface area contributed by atoms with Gasteiger partial charge in [-0.3, -0.25) is 9.59 Å². The van der Waals surface area contributed by atoms with Gasteiger partial charge in [-0.1, -0.05) is 42.5 Å². The van der Waals surface area contributed by atoms with E-state index in [-0.39, 0.29) is 18.2 Å². The first-order chi connectivity index (χ1) is 14.1. The first kappa shape index (κ1) is 18.6. The van der Waals surface area contributed by atoms with Crippen molar-refractivity contribution >= 4 is 23.2 Å². The van der Waals surface area contributed by atoms with E-state index in [1.165, 1.54) is 0 Å². The molecule has 1 heterocycles. The zero-order valence-corrected chi connectivity index (χ0v) is 15.8. The minimum absolute atomic E-state index is 0.152. The highest BCUT2D eigenvalue weighted by Gasteiger charge is 2.29. The van der Waals surface area contributed by atoms with E-state index >= 15 is 0 Å². The van der Waals surface area contributed by atoms with Crippen LogP contribution in [0.2, 0.25) is 0 Å². The Morgan fingerprint density at radius 1 is 1.07 bits per heavy atom. The molecule has 29 heavy (non-hydrogen) atoms. The predicted molar refractivity (Wildman–Crippen MR) is 110 cm³/mol. The lowest BCUT2D eigenvalue weighted by atomic mass is 10.1. The summed E-state index contributed by atoms with van der Waals surface area (Å²) in [4.78, 5) is 24.8. The van der Waals surface area contributed by atoms with Crippen LogP contribution < -0.4 is 20.1 Å². The van der Waals surface area contributed by atoms with Crippen molar-refractivity contribution in [3.63, 3.8) is 0 Å². The van der Waals surface area contributed by atoms with E-state index in [4.69, 9.17) is 9.47 Å². The third kappa shape index (κ3) is 4.21. The molecule has 2 N–H and O–H groups in total. The lowest BCUT2D eigenvalue weighted by Crippen LogP contribution is -2.30. The van der Waals surface area contributed by atoms with Gasteiger partial charge in [-0.25, -0.2) is 0 Å². The van der Waals surface area contributed by atoms with Crippen LogP contribution in [0.25, 0.3) is 0 Å². The van der Waals surface area contributed by atoms with Crippen LogP contribution in [0.1, 0.15) is 17.2 Å². The van der Waals surface area contributed by atoms with Crippen molar-refractivity contribution < 1.29 is 19.1 Å². The average molecular weight is 388 g/mol. The number of hydrogen-bond donors (Lipinski definition) is 2. The molecule has 0 saturated heterocycles. The summed E-state index contributed by atoms with van der Waals surface area (Å²) in [5, 5.41) is 5.71. The van der Waals surface area contributed by atoms with Gasteiger partial charge in [0.2, 0.25) is 12.0 Å². The number of fused-ring (bicyclic) bond motifs is 1. The predicted octanol–water partition coefficient (Wildman–Crippen LogP) is 3.95. The summed E-state index contributed by atoms with van der Waals surface area (Å²) in [5.74, 6) is 0.908. The maximum absolute atomic E-state index is 12.5. The smallest absolute Gasteiger partial charge is 0.270 e. The molecule has 6 nitrogen and oxygen atoms in total.